The fraction of sp³-hybridized carbons (Fsp3) is 0.250. The molecule has 0 radical (unpaired) electrons. The Hall–Kier alpha value is -2.47. The quantitative estimate of drug-likeness (QED) is 0.546. The van der Waals surface area contributed by atoms with Crippen LogP contribution >= 0.6 is 15.9 Å². The van der Waals surface area contributed by atoms with E-state index >= 15 is 0 Å². The van der Waals surface area contributed by atoms with Gasteiger partial charge in [0.25, 0.3) is 0 Å². The first-order valence-corrected chi connectivity index (χ1v) is 9.17. The predicted molar refractivity (Wildman–Crippen MR) is 101 cm³/mol. The van der Waals surface area contributed by atoms with E-state index in [9.17, 15) is 14.4 Å². The molecule has 6 heteroatoms. The van der Waals surface area contributed by atoms with Crippen molar-refractivity contribution in [2.24, 2.45) is 0 Å². The minimum atomic E-state index is -0.925. The summed E-state index contributed by atoms with van der Waals surface area (Å²) in [6.45, 7) is 2.13. The molecule has 0 N–H and O–H groups in total. The van der Waals surface area contributed by atoms with Crippen LogP contribution in [-0.4, -0.2) is 30.3 Å². The molecule has 1 amide bonds. The monoisotopic (exact) mass is 415 g/mol. The van der Waals surface area contributed by atoms with Gasteiger partial charge < -0.3 is 9.64 Å². The maximum Gasteiger partial charge on any atom is 0.340 e. The number of rotatable bonds is 5. The van der Waals surface area contributed by atoms with Gasteiger partial charge in [0.1, 0.15) is 0 Å². The number of carbonyl (C=O) groups is 3. The summed E-state index contributed by atoms with van der Waals surface area (Å²) in [5.74, 6) is -0.900. The van der Waals surface area contributed by atoms with Crippen molar-refractivity contribution >= 4 is 39.3 Å². The maximum atomic E-state index is 12.6. The van der Waals surface area contributed by atoms with Gasteiger partial charge in [-0.25, -0.2) is 4.79 Å². The maximum absolute atomic E-state index is 12.6. The van der Waals surface area contributed by atoms with Gasteiger partial charge in [0.2, 0.25) is 11.7 Å². The highest BCUT2D eigenvalue weighted by molar-refractivity contribution is 9.10. The Labute approximate surface area is 160 Å². The molecule has 1 atom stereocenters. The molecule has 1 saturated heterocycles. The summed E-state index contributed by atoms with van der Waals surface area (Å²) in [6, 6.07) is 13.7. The van der Waals surface area contributed by atoms with Crippen LogP contribution in [0.2, 0.25) is 0 Å². The molecular formula is C20H18BrNO4. The van der Waals surface area contributed by atoms with E-state index in [1.165, 1.54) is 0 Å². The fourth-order valence-corrected chi connectivity index (χ4v) is 3.18. The second-order valence-corrected chi connectivity index (χ2v) is 7.00. The number of amides is 1. The Balaban J connectivity index is 1.77. The van der Waals surface area contributed by atoms with Crippen molar-refractivity contribution in [3.8, 4) is 0 Å². The first kappa shape index (κ1) is 18.3. The summed E-state index contributed by atoms with van der Waals surface area (Å²) in [7, 11) is 0. The highest BCUT2D eigenvalue weighted by Gasteiger charge is 2.27. The molecule has 2 aromatic carbocycles. The van der Waals surface area contributed by atoms with Crippen LogP contribution in [0.1, 0.15) is 40.5 Å². The summed E-state index contributed by atoms with van der Waals surface area (Å²) in [5, 5.41) is 0. The summed E-state index contributed by atoms with van der Waals surface area (Å²) in [4.78, 5) is 38.7. The summed E-state index contributed by atoms with van der Waals surface area (Å²) >= 11 is 3.32. The van der Waals surface area contributed by atoms with Crippen LogP contribution in [0.25, 0.3) is 0 Å². The molecule has 5 nitrogen and oxygen atoms in total. The zero-order chi connectivity index (χ0) is 18.7. The minimum absolute atomic E-state index is 0.00997. The van der Waals surface area contributed by atoms with Crippen LogP contribution in [0.15, 0.2) is 53.0 Å². The molecule has 1 aliphatic heterocycles. The van der Waals surface area contributed by atoms with Gasteiger partial charge in [-0.3, -0.25) is 9.59 Å². The Morgan fingerprint density at radius 1 is 1.12 bits per heavy atom. The van der Waals surface area contributed by atoms with E-state index in [-0.39, 0.29) is 11.7 Å². The third-order valence-electron chi connectivity index (χ3n) is 4.27. The standard InChI is InChI=1S/C20H18BrNO4/c1-13(19(24)14-8-10-15(21)11-9-14)26-20(25)16-5-2-3-6-17(16)22-12-4-7-18(22)23/h2-3,5-6,8-11,13H,4,7,12H2,1H3/t13-/m1/s1. The Morgan fingerprint density at radius 3 is 2.46 bits per heavy atom. The van der Waals surface area contributed by atoms with Gasteiger partial charge in [-0.05, 0) is 37.6 Å². The number of benzene rings is 2. The van der Waals surface area contributed by atoms with Gasteiger partial charge in [0.15, 0.2) is 6.10 Å². The SMILES string of the molecule is C[C@@H](OC(=O)c1ccccc1N1CCCC1=O)C(=O)c1ccc(Br)cc1. The van der Waals surface area contributed by atoms with Gasteiger partial charge >= 0.3 is 5.97 Å². The molecule has 0 saturated carbocycles. The molecule has 0 bridgehead atoms. The van der Waals surface area contributed by atoms with Crippen LogP contribution in [0.3, 0.4) is 0 Å². The van der Waals surface area contributed by atoms with Gasteiger partial charge in [-0.1, -0.05) is 40.2 Å². The molecule has 1 aliphatic rings. The first-order valence-electron chi connectivity index (χ1n) is 8.37. The van der Waals surface area contributed by atoms with Crippen molar-refractivity contribution in [2.45, 2.75) is 25.9 Å². The van der Waals surface area contributed by atoms with Crippen LogP contribution in [-0.2, 0) is 9.53 Å². The van der Waals surface area contributed by atoms with Crippen LogP contribution in [0.4, 0.5) is 5.69 Å². The number of hydrogen-bond donors (Lipinski definition) is 0. The third-order valence-corrected chi connectivity index (χ3v) is 4.80. The molecule has 1 fully saturated rings. The highest BCUT2D eigenvalue weighted by Crippen LogP contribution is 2.26. The van der Waals surface area contributed by atoms with Crippen LogP contribution in [0, 0.1) is 0 Å². The number of carbonyl (C=O) groups excluding carboxylic acids is 3. The second kappa shape index (κ2) is 7.83. The first-order chi connectivity index (χ1) is 12.5. The third kappa shape index (κ3) is 3.85. The molecule has 26 heavy (non-hydrogen) atoms. The number of anilines is 1. The van der Waals surface area contributed by atoms with Gasteiger partial charge in [0.05, 0.1) is 11.3 Å². The lowest BCUT2D eigenvalue weighted by Gasteiger charge is -2.20. The van der Waals surface area contributed by atoms with Crippen molar-refractivity contribution in [1.82, 2.24) is 0 Å². The number of Topliss-reactive ketones (excluding diaryl/α,β-unsaturated/α-hetero) is 1. The number of hydrogen-bond acceptors (Lipinski definition) is 4. The van der Waals surface area contributed by atoms with E-state index in [1.54, 1.807) is 60.4 Å². The molecular weight excluding hydrogens is 398 g/mol. The molecule has 1 heterocycles. The lowest BCUT2D eigenvalue weighted by molar-refractivity contribution is -0.117. The average Bonchev–Trinajstić information content (AvgIpc) is 3.07. The largest absolute Gasteiger partial charge is 0.451 e. The number of halogens is 1. The van der Waals surface area contributed by atoms with Crippen LogP contribution in [0.5, 0.6) is 0 Å². The molecule has 2 aromatic rings. The Bertz CT molecular complexity index is 847. The molecule has 0 spiro atoms. The van der Waals surface area contributed by atoms with Crippen molar-refractivity contribution in [3.05, 3.63) is 64.1 Å². The van der Waals surface area contributed by atoms with E-state index in [4.69, 9.17) is 4.74 Å². The summed E-state index contributed by atoms with van der Waals surface area (Å²) in [6.07, 6.45) is 0.314. The fourth-order valence-electron chi connectivity index (χ4n) is 2.91. The van der Waals surface area contributed by atoms with Gasteiger partial charge in [0, 0.05) is 23.0 Å². The lowest BCUT2D eigenvalue weighted by atomic mass is 10.1. The molecule has 0 aliphatic carbocycles. The zero-order valence-electron chi connectivity index (χ0n) is 14.3. The van der Waals surface area contributed by atoms with E-state index in [1.807, 2.05) is 0 Å². The minimum Gasteiger partial charge on any atom is -0.451 e. The topological polar surface area (TPSA) is 63.7 Å². The number of nitrogens with zero attached hydrogens (tertiary/aromatic N) is 1. The lowest BCUT2D eigenvalue weighted by Crippen LogP contribution is -2.28. The molecule has 134 valence electrons. The average molecular weight is 416 g/mol. The smallest absolute Gasteiger partial charge is 0.340 e. The second-order valence-electron chi connectivity index (χ2n) is 6.08. The summed E-state index contributed by atoms with van der Waals surface area (Å²) in [5.41, 5.74) is 1.29. The van der Waals surface area contributed by atoms with E-state index in [0.717, 1.165) is 10.9 Å². The zero-order valence-corrected chi connectivity index (χ0v) is 15.9. The summed E-state index contributed by atoms with van der Waals surface area (Å²) < 4.78 is 6.24. The Morgan fingerprint density at radius 2 is 1.81 bits per heavy atom. The molecule has 0 unspecified atom stereocenters. The van der Waals surface area contributed by atoms with Gasteiger partial charge in [-0.2, -0.15) is 0 Å². The molecule has 0 aromatic heterocycles. The van der Waals surface area contributed by atoms with Crippen molar-refractivity contribution in [2.75, 3.05) is 11.4 Å². The van der Waals surface area contributed by atoms with Crippen molar-refractivity contribution < 1.29 is 19.1 Å². The van der Waals surface area contributed by atoms with E-state index in [2.05, 4.69) is 15.9 Å². The van der Waals surface area contributed by atoms with Crippen molar-refractivity contribution in [1.29, 1.82) is 0 Å². The Kier molecular flexibility index (Phi) is 5.52. The normalized spacial score (nSPS) is 15.0. The highest BCUT2D eigenvalue weighted by atomic mass is 79.9. The number of ketones is 1. The number of para-hydroxylation sites is 1. The van der Waals surface area contributed by atoms with Gasteiger partial charge in [-0.15, -0.1) is 0 Å². The van der Waals surface area contributed by atoms with E-state index < -0.39 is 12.1 Å². The van der Waals surface area contributed by atoms with Crippen molar-refractivity contribution in [3.63, 3.8) is 0 Å². The predicted octanol–water partition coefficient (Wildman–Crippen LogP) is 4.00. The van der Waals surface area contributed by atoms with Crippen LogP contribution < -0.4 is 4.90 Å². The molecule has 3 rings (SSSR count). The number of esters is 1. The number of ether oxygens (including phenoxy) is 1. The van der Waals surface area contributed by atoms with E-state index in [0.29, 0.717) is 29.8 Å².